The molecule has 2 aromatic carbocycles. The number of benzene rings is 2. The van der Waals surface area contributed by atoms with Gasteiger partial charge in [-0.05, 0) is 37.1 Å². The summed E-state index contributed by atoms with van der Waals surface area (Å²) in [6.07, 6.45) is -0.517. The molecule has 0 radical (unpaired) electrons. The summed E-state index contributed by atoms with van der Waals surface area (Å²) in [7, 11) is 1.65. The molecular weight excluding hydrogens is 322 g/mol. The van der Waals surface area contributed by atoms with Gasteiger partial charge in [0.1, 0.15) is 5.75 Å². The third-order valence-electron chi connectivity index (χ3n) is 4.57. The number of aliphatic hydroxyl groups is 1. The van der Waals surface area contributed by atoms with Crippen molar-refractivity contribution in [1.82, 2.24) is 0 Å². The van der Waals surface area contributed by atoms with E-state index in [0.717, 1.165) is 30.9 Å². The molecule has 0 saturated carbocycles. The minimum Gasteiger partial charge on any atom is -1.00 e. The lowest BCUT2D eigenvalue weighted by molar-refractivity contribution is -0.898. The van der Waals surface area contributed by atoms with Crippen molar-refractivity contribution in [3.05, 3.63) is 65.7 Å². The molecule has 0 amide bonds. The van der Waals surface area contributed by atoms with E-state index in [4.69, 9.17) is 4.74 Å². The number of nitrogens with one attached hydrogen (secondary N) is 1. The predicted octanol–water partition coefficient (Wildman–Crippen LogP) is -0.559. The maximum atomic E-state index is 11.0. The molecule has 4 heteroatoms. The van der Waals surface area contributed by atoms with Crippen molar-refractivity contribution in [2.24, 2.45) is 0 Å². The predicted molar refractivity (Wildman–Crippen MR) is 94.0 cm³/mol. The van der Waals surface area contributed by atoms with E-state index >= 15 is 0 Å². The summed E-state index contributed by atoms with van der Waals surface area (Å²) in [5.74, 6) is 0.895. The number of ether oxygens (including phenoxy) is 1. The first kappa shape index (κ1) is 20.5. The lowest BCUT2D eigenvalue weighted by Crippen LogP contribution is -3.12. The van der Waals surface area contributed by atoms with Crippen LogP contribution in [0.25, 0.3) is 0 Å². The van der Waals surface area contributed by atoms with Gasteiger partial charge in [-0.2, -0.15) is 0 Å². The fourth-order valence-electron chi connectivity index (χ4n) is 3.00. The Morgan fingerprint density at radius 3 is 2.00 bits per heavy atom. The quantitative estimate of drug-likeness (QED) is 0.670. The summed E-state index contributed by atoms with van der Waals surface area (Å²) >= 11 is 0. The number of aliphatic hydroxyl groups excluding tert-OH is 1. The van der Waals surface area contributed by atoms with E-state index in [-0.39, 0.29) is 18.3 Å². The van der Waals surface area contributed by atoms with Crippen LogP contribution in [0, 0.1) is 0 Å². The Hall–Kier alpha value is -1.55. The maximum Gasteiger partial charge on any atom is 0.118 e. The highest BCUT2D eigenvalue weighted by atomic mass is 35.5. The van der Waals surface area contributed by atoms with Gasteiger partial charge in [-0.1, -0.05) is 42.5 Å². The molecule has 2 N–H and O–H groups in total. The highest BCUT2D eigenvalue weighted by molar-refractivity contribution is 5.31. The molecule has 0 saturated heterocycles. The number of hydrogen-bond donors (Lipinski definition) is 2. The molecule has 0 aliphatic rings. The highest BCUT2D eigenvalue weighted by Crippen LogP contribution is 2.30. The van der Waals surface area contributed by atoms with Gasteiger partial charge in [0.2, 0.25) is 0 Å². The lowest BCUT2D eigenvalue weighted by Gasteiger charge is -2.27. The van der Waals surface area contributed by atoms with Gasteiger partial charge in [-0.15, -0.1) is 0 Å². The Labute approximate surface area is 151 Å². The van der Waals surface area contributed by atoms with Crippen LogP contribution in [-0.4, -0.2) is 31.9 Å². The van der Waals surface area contributed by atoms with Crippen LogP contribution in [0.5, 0.6) is 5.75 Å². The fourth-order valence-corrected chi connectivity index (χ4v) is 3.00. The summed E-state index contributed by atoms with van der Waals surface area (Å²) < 4.78 is 5.21. The molecule has 0 spiro atoms. The second kappa shape index (κ2) is 10.3. The van der Waals surface area contributed by atoms with Crippen molar-refractivity contribution in [2.75, 3.05) is 26.7 Å². The number of methoxy groups -OCH3 is 1. The first-order chi connectivity index (χ1) is 11.2. The second-order valence-corrected chi connectivity index (χ2v) is 5.90. The van der Waals surface area contributed by atoms with Gasteiger partial charge >= 0.3 is 0 Å². The number of hydrogen-bond acceptors (Lipinski definition) is 2. The molecule has 0 aliphatic heterocycles. The zero-order chi connectivity index (χ0) is 16.7. The number of quaternary nitrogens is 1. The highest BCUT2D eigenvalue weighted by Gasteiger charge is 2.26. The maximum absolute atomic E-state index is 11.0. The van der Waals surface area contributed by atoms with Crippen LogP contribution in [0.2, 0.25) is 0 Å². The Morgan fingerprint density at radius 1 is 0.917 bits per heavy atom. The van der Waals surface area contributed by atoms with Crippen molar-refractivity contribution in [3.63, 3.8) is 0 Å². The van der Waals surface area contributed by atoms with Crippen LogP contribution in [0.4, 0.5) is 0 Å². The van der Waals surface area contributed by atoms with E-state index in [2.05, 4.69) is 26.0 Å². The smallest absolute Gasteiger partial charge is 0.118 e. The minimum absolute atomic E-state index is 0. The van der Waals surface area contributed by atoms with Crippen LogP contribution in [0.1, 0.15) is 37.0 Å². The largest absolute Gasteiger partial charge is 1.00 e. The Bertz CT molecular complexity index is 570. The normalized spacial score (nSPS) is 13.2. The molecule has 24 heavy (non-hydrogen) atoms. The number of halogens is 1. The van der Waals surface area contributed by atoms with Gasteiger partial charge in [0.25, 0.3) is 0 Å². The van der Waals surface area contributed by atoms with Crippen LogP contribution in [-0.2, 0) is 0 Å². The molecule has 3 nitrogen and oxygen atoms in total. The van der Waals surface area contributed by atoms with Crippen LogP contribution in [0.3, 0.4) is 0 Å². The average molecular weight is 350 g/mol. The SMILES string of the molecule is CC[NH+](CC)CC(c1ccccc1)C(O)c1ccc(OC)cc1.[Cl-]. The van der Waals surface area contributed by atoms with E-state index < -0.39 is 6.10 Å². The van der Waals surface area contributed by atoms with Gasteiger partial charge < -0.3 is 27.2 Å². The lowest BCUT2D eigenvalue weighted by atomic mass is 9.88. The second-order valence-electron chi connectivity index (χ2n) is 5.90. The molecule has 2 aromatic rings. The third-order valence-corrected chi connectivity index (χ3v) is 4.57. The topological polar surface area (TPSA) is 33.9 Å². The van der Waals surface area contributed by atoms with Crippen molar-refractivity contribution in [2.45, 2.75) is 25.9 Å². The molecule has 0 fully saturated rings. The van der Waals surface area contributed by atoms with E-state index in [9.17, 15) is 5.11 Å². The van der Waals surface area contributed by atoms with Crippen molar-refractivity contribution in [1.29, 1.82) is 0 Å². The van der Waals surface area contributed by atoms with Gasteiger partial charge in [0.05, 0.1) is 38.8 Å². The van der Waals surface area contributed by atoms with E-state index in [1.807, 2.05) is 42.5 Å². The molecule has 0 bridgehead atoms. The summed E-state index contributed by atoms with van der Waals surface area (Å²) in [5, 5.41) is 11.0. The van der Waals surface area contributed by atoms with Crippen molar-refractivity contribution < 1.29 is 27.2 Å². The summed E-state index contributed by atoms with van der Waals surface area (Å²) in [4.78, 5) is 1.49. The zero-order valence-corrected chi connectivity index (χ0v) is 15.5. The number of rotatable bonds is 8. The molecule has 0 heterocycles. The summed E-state index contributed by atoms with van der Waals surface area (Å²) in [5.41, 5.74) is 2.13. The Morgan fingerprint density at radius 2 is 1.50 bits per heavy atom. The fraction of sp³-hybridized carbons (Fsp3) is 0.400. The molecule has 2 rings (SSSR count). The third kappa shape index (κ3) is 5.23. The minimum atomic E-state index is -0.517. The molecule has 132 valence electrons. The molecule has 0 aliphatic carbocycles. The van der Waals surface area contributed by atoms with E-state index in [0.29, 0.717) is 0 Å². The van der Waals surface area contributed by atoms with E-state index in [1.165, 1.54) is 10.5 Å². The molecular formula is C20H28ClNO2. The van der Waals surface area contributed by atoms with Crippen LogP contribution >= 0.6 is 0 Å². The first-order valence-electron chi connectivity index (χ1n) is 8.40. The van der Waals surface area contributed by atoms with Gasteiger partial charge in [-0.25, -0.2) is 0 Å². The molecule has 2 unspecified atom stereocenters. The van der Waals surface area contributed by atoms with Gasteiger partial charge in [-0.3, -0.25) is 0 Å². The van der Waals surface area contributed by atoms with Crippen molar-refractivity contribution >= 4 is 0 Å². The first-order valence-corrected chi connectivity index (χ1v) is 8.40. The number of likely N-dealkylation sites (N-methyl/N-ethyl adjacent to an activating group) is 1. The average Bonchev–Trinajstić information content (AvgIpc) is 2.63. The van der Waals surface area contributed by atoms with Gasteiger partial charge in [0, 0.05) is 0 Å². The Balaban J connectivity index is 0.00000288. The Kier molecular flexibility index (Phi) is 8.83. The van der Waals surface area contributed by atoms with Crippen molar-refractivity contribution in [3.8, 4) is 5.75 Å². The zero-order valence-electron chi connectivity index (χ0n) is 14.7. The summed E-state index contributed by atoms with van der Waals surface area (Å²) in [6, 6.07) is 18.1. The standard InChI is InChI=1S/C20H27NO2.ClH/c1-4-21(5-2)15-19(16-9-7-6-8-10-16)20(22)17-11-13-18(23-3)14-12-17;/h6-14,19-20,22H,4-5,15H2,1-3H3;1H. The molecule has 0 aromatic heterocycles. The monoisotopic (exact) mass is 349 g/mol. The van der Waals surface area contributed by atoms with Gasteiger partial charge in [0.15, 0.2) is 0 Å². The van der Waals surface area contributed by atoms with Crippen LogP contribution < -0.4 is 22.0 Å². The van der Waals surface area contributed by atoms with E-state index in [1.54, 1.807) is 7.11 Å². The van der Waals surface area contributed by atoms with Crippen LogP contribution in [0.15, 0.2) is 54.6 Å². The summed E-state index contributed by atoms with van der Waals surface area (Å²) in [6.45, 7) is 7.44. The molecule has 2 atom stereocenters.